The first-order chi connectivity index (χ1) is 10.2. The normalized spacial score (nSPS) is 25.0. The molecule has 2 aliphatic rings. The predicted octanol–water partition coefficient (Wildman–Crippen LogP) is 0.890. The Morgan fingerprint density at radius 1 is 1.05 bits per heavy atom. The minimum absolute atomic E-state index is 0.241. The Hall–Kier alpha value is -1.11. The van der Waals surface area contributed by atoms with Crippen LogP contribution >= 0.6 is 0 Å². The summed E-state index contributed by atoms with van der Waals surface area (Å²) in [4.78, 5) is 2.26. The zero-order valence-corrected chi connectivity index (χ0v) is 13.1. The third-order valence-corrected chi connectivity index (χ3v) is 6.72. The van der Waals surface area contributed by atoms with Gasteiger partial charge in [0.1, 0.15) is 0 Å². The van der Waals surface area contributed by atoms with Gasteiger partial charge in [0.05, 0.1) is 5.25 Å². The Labute approximate surface area is 127 Å². The van der Waals surface area contributed by atoms with E-state index < -0.39 is 10.0 Å². The molecule has 6 heteroatoms. The van der Waals surface area contributed by atoms with Crippen molar-refractivity contribution in [2.75, 3.05) is 44.2 Å². The van der Waals surface area contributed by atoms with E-state index >= 15 is 0 Å². The van der Waals surface area contributed by atoms with Crippen molar-refractivity contribution in [3.05, 3.63) is 30.3 Å². The lowest BCUT2D eigenvalue weighted by molar-refractivity contribution is 0.370. The van der Waals surface area contributed by atoms with Gasteiger partial charge in [0.25, 0.3) is 0 Å². The van der Waals surface area contributed by atoms with E-state index in [0.717, 1.165) is 32.5 Å². The number of hydrogen-bond acceptors (Lipinski definition) is 4. The highest BCUT2D eigenvalue weighted by Crippen LogP contribution is 2.21. The van der Waals surface area contributed by atoms with Gasteiger partial charge < -0.3 is 10.2 Å². The Morgan fingerprint density at radius 2 is 1.76 bits per heavy atom. The van der Waals surface area contributed by atoms with Crippen molar-refractivity contribution < 1.29 is 8.42 Å². The molecule has 1 aromatic carbocycles. The Morgan fingerprint density at radius 3 is 2.38 bits per heavy atom. The number of benzene rings is 1. The van der Waals surface area contributed by atoms with Crippen molar-refractivity contribution >= 4 is 15.7 Å². The van der Waals surface area contributed by atoms with E-state index in [-0.39, 0.29) is 5.25 Å². The minimum Gasteiger partial charge on any atom is -0.369 e. The fraction of sp³-hybridized carbons (Fsp3) is 0.600. The fourth-order valence-electron chi connectivity index (χ4n) is 3.12. The van der Waals surface area contributed by atoms with Crippen molar-refractivity contribution in [2.45, 2.75) is 18.1 Å². The molecule has 1 atom stereocenters. The molecule has 0 aliphatic carbocycles. The van der Waals surface area contributed by atoms with E-state index in [1.165, 1.54) is 5.69 Å². The van der Waals surface area contributed by atoms with Crippen molar-refractivity contribution in [2.24, 2.45) is 0 Å². The Kier molecular flexibility index (Phi) is 4.47. The van der Waals surface area contributed by atoms with Gasteiger partial charge in [-0.1, -0.05) is 18.2 Å². The largest absolute Gasteiger partial charge is 0.369 e. The third kappa shape index (κ3) is 3.22. The second kappa shape index (κ2) is 6.34. The smallest absolute Gasteiger partial charge is 0.218 e. The standard InChI is InChI=1S/C15H23N3O2S/c19-21(20,15-7-4-8-16-13-15)18-11-9-17(10-12-18)14-5-2-1-3-6-14/h1-3,5-6,15-16H,4,7-13H2. The average molecular weight is 309 g/mol. The molecule has 2 fully saturated rings. The monoisotopic (exact) mass is 309 g/mol. The summed E-state index contributed by atoms with van der Waals surface area (Å²) in [6.45, 7) is 4.25. The van der Waals surface area contributed by atoms with Crippen LogP contribution in [-0.2, 0) is 10.0 Å². The number of sulfonamides is 1. The number of para-hydroxylation sites is 1. The molecule has 3 rings (SSSR count). The van der Waals surface area contributed by atoms with Gasteiger partial charge in [-0.3, -0.25) is 0 Å². The summed E-state index contributed by atoms with van der Waals surface area (Å²) in [5.41, 5.74) is 1.17. The van der Waals surface area contributed by atoms with Gasteiger partial charge in [0.15, 0.2) is 0 Å². The molecule has 1 unspecified atom stereocenters. The van der Waals surface area contributed by atoms with Crippen LogP contribution in [0.2, 0.25) is 0 Å². The highest BCUT2D eigenvalue weighted by atomic mass is 32.2. The molecule has 116 valence electrons. The van der Waals surface area contributed by atoms with Crippen LogP contribution < -0.4 is 10.2 Å². The van der Waals surface area contributed by atoms with E-state index in [1.54, 1.807) is 4.31 Å². The maximum Gasteiger partial charge on any atom is 0.218 e. The zero-order chi connectivity index (χ0) is 14.7. The van der Waals surface area contributed by atoms with Crippen LogP contribution in [0.25, 0.3) is 0 Å². The first kappa shape index (κ1) is 14.8. The Balaban J connectivity index is 1.62. The second-order valence-electron chi connectivity index (χ2n) is 5.73. The van der Waals surface area contributed by atoms with E-state index in [9.17, 15) is 8.42 Å². The maximum atomic E-state index is 12.7. The summed E-state index contributed by atoms with van der Waals surface area (Å²) in [5.74, 6) is 0. The van der Waals surface area contributed by atoms with Crippen molar-refractivity contribution in [3.8, 4) is 0 Å². The summed E-state index contributed by atoms with van der Waals surface area (Å²) < 4.78 is 27.0. The van der Waals surface area contributed by atoms with Crippen LogP contribution in [0.3, 0.4) is 0 Å². The van der Waals surface area contributed by atoms with Crippen LogP contribution in [0.5, 0.6) is 0 Å². The van der Waals surface area contributed by atoms with Gasteiger partial charge in [-0.2, -0.15) is 4.31 Å². The van der Waals surface area contributed by atoms with E-state index in [1.807, 2.05) is 18.2 Å². The zero-order valence-electron chi connectivity index (χ0n) is 12.2. The van der Waals surface area contributed by atoms with Crippen LogP contribution in [0.1, 0.15) is 12.8 Å². The van der Waals surface area contributed by atoms with Crippen LogP contribution in [0.4, 0.5) is 5.69 Å². The molecule has 2 heterocycles. The number of nitrogens with one attached hydrogen (secondary N) is 1. The average Bonchev–Trinajstić information content (AvgIpc) is 2.57. The SMILES string of the molecule is O=S(=O)(C1CCCNC1)N1CCN(c2ccccc2)CC1. The number of nitrogens with zero attached hydrogens (tertiary/aromatic N) is 2. The van der Waals surface area contributed by atoms with Crippen molar-refractivity contribution in [1.82, 2.24) is 9.62 Å². The number of piperidine rings is 1. The minimum atomic E-state index is -3.15. The van der Waals surface area contributed by atoms with Gasteiger partial charge in [0.2, 0.25) is 10.0 Å². The van der Waals surface area contributed by atoms with Crippen LogP contribution in [0, 0.1) is 0 Å². The molecular formula is C15H23N3O2S. The van der Waals surface area contributed by atoms with Gasteiger partial charge >= 0.3 is 0 Å². The lowest BCUT2D eigenvalue weighted by Crippen LogP contribution is -2.53. The molecule has 2 saturated heterocycles. The lowest BCUT2D eigenvalue weighted by atomic mass is 10.2. The summed E-state index contributed by atoms with van der Waals surface area (Å²) in [6.07, 6.45) is 1.74. The summed E-state index contributed by atoms with van der Waals surface area (Å²) in [6, 6.07) is 10.2. The maximum absolute atomic E-state index is 12.7. The summed E-state index contributed by atoms with van der Waals surface area (Å²) >= 11 is 0. The number of hydrogen-bond donors (Lipinski definition) is 1. The van der Waals surface area contributed by atoms with Crippen LogP contribution in [-0.4, -0.2) is 57.2 Å². The highest BCUT2D eigenvalue weighted by molar-refractivity contribution is 7.89. The topological polar surface area (TPSA) is 52.7 Å². The molecule has 0 aromatic heterocycles. The second-order valence-corrected chi connectivity index (χ2v) is 7.95. The number of piperazine rings is 1. The molecule has 1 N–H and O–H groups in total. The van der Waals surface area contributed by atoms with Crippen molar-refractivity contribution in [1.29, 1.82) is 0 Å². The van der Waals surface area contributed by atoms with Crippen LogP contribution in [0.15, 0.2) is 30.3 Å². The predicted molar refractivity (Wildman–Crippen MR) is 85.0 cm³/mol. The van der Waals surface area contributed by atoms with E-state index in [4.69, 9.17) is 0 Å². The van der Waals surface area contributed by atoms with Gasteiger partial charge in [0, 0.05) is 38.4 Å². The summed E-state index contributed by atoms with van der Waals surface area (Å²) in [7, 11) is -3.15. The third-order valence-electron chi connectivity index (χ3n) is 4.39. The molecule has 0 amide bonds. The first-order valence-electron chi connectivity index (χ1n) is 7.67. The first-order valence-corrected chi connectivity index (χ1v) is 9.18. The quantitative estimate of drug-likeness (QED) is 0.901. The number of rotatable bonds is 3. The molecular weight excluding hydrogens is 286 g/mol. The van der Waals surface area contributed by atoms with E-state index in [0.29, 0.717) is 19.6 Å². The molecule has 0 spiro atoms. The summed E-state index contributed by atoms with van der Waals surface area (Å²) in [5, 5.41) is 2.96. The fourth-order valence-corrected chi connectivity index (χ4v) is 5.01. The molecule has 0 radical (unpaired) electrons. The van der Waals surface area contributed by atoms with E-state index in [2.05, 4.69) is 22.3 Å². The molecule has 1 aromatic rings. The highest BCUT2D eigenvalue weighted by Gasteiger charge is 2.34. The molecule has 21 heavy (non-hydrogen) atoms. The lowest BCUT2D eigenvalue weighted by Gasteiger charge is -2.37. The van der Waals surface area contributed by atoms with Gasteiger partial charge in [-0.25, -0.2) is 8.42 Å². The Bertz CT molecular complexity index is 548. The molecule has 0 bridgehead atoms. The molecule has 0 saturated carbocycles. The van der Waals surface area contributed by atoms with Gasteiger partial charge in [-0.15, -0.1) is 0 Å². The molecule has 5 nitrogen and oxygen atoms in total. The number of anilines is 1. The molecule has 2 aliphatic heterocycles. The van der Waals surface area contributed by atoms with Gasteiger partial charge in [-0.05, 0) is 31.5 Å². The van der Waals surface area contributed by atoms with Crippen molar-refractivity contribution in [3.63, 3.8) is 0 Å².